The molecular weight excluding hydrogens is 785 g/mol. The molecule has 0 radical (unpaired) electrons. The predicted molar refractivity (Wildman–Crippen MR) is 228 cm³/mol. The molecular formula is C41H53F2N9O4S2. The number of piperidine rings is 1. The van der Waals surface area contributed by atoms with Crippen molar-refractivity contribution in [3.8, 4) is 6.07 Å². The van der Waals surface area contributed by atoms with Gasteiger partial charge >= 0.3 is 0 Å². The quantitative estimate of drug-likeness (QED) is 0.119. The zero-order valence-electron chi connectivity index (χ0n) is 32.8. The molecule has 0 bridgehead atoms. The van der Waals surface area contributed by atoms with Gasteiger partial charge in [-0.1, -0.05) is 12.8 Å². The first kappa shape index (κ1) is 42.3. The summed E-state index contributed by atoms with van der Waals surface area (Å²) < 4.78 is 39.8. The second-order valence-corrected chi connectivity index (χ2v) is 17.9. The summed E-state index contributed by atoms with van der Waals surface area (Å²) in [6.45, 7) is 8.80. The van der Waals surface area contributed by atoms with Crippen LogP contribution in [0.25, 0.3) is 21.8 Å². The molecule has 4 aliphatic rings. The summed E-state index contributed by atoms with van der Waals surface area (Å²) in [5.41, 5.74) is 1.31. The number of ether oxygens (including phenoxy) is 2. The molecule has 5 heterocycles. The topological polar surface area (TPSA) is 164 Å². The first-order chi connectivity index (χ1) is 28.3. The van der Waals surface area contributed by atoms with Crippen molar-refractivity contribution in [3.63, 3.8) is 0 Å². The Balaban J connectivity index is 0.000000177. The van der Waals surface area contributed by atoms with Gasteiger partial charge in [0.1, 0.15) is 34.1 Å². The van der Waals surface area contributed by atoms with Gasteiger partial charge in [-0.15, -0.1) is 0 Å². The molecule has 8 rings (SSSR count). The minimum absolute atomic E-state index is 0.0172. The highest BCUT2D eigenvalue weighted by Gasteiger charge is 2.21. The maximum Gasteiger partial charge on any atom is 0.261 e. The van der Waals surface area contributed by atoms with Crippen molar-refractivity contribution < 1.29 is 18.3 Å². The van der Waals surface area contributed by atoms with Gasteiger partial charge in [0, 0.05) is 80.4 Å². The number of anilines is 2. The Bertz CT molecular complexity index is 2140. The van der Waals surface area contributed by atoms with Crippen molar-refractivity contribution in [1.82, 2.24) is 29.7 Å². The van der Waals surface area contributed by atoms with Crippen LogP contribution in [-0.4, -0.2) is 119 Å². The van der Waals surface area contributed by atoms with Gasteiger partial charge in [-0.2, -0.15) is 28.8 Å². The number of hydrogen-bond donors (Lipinski definition) is 4. The van der Waals surface area contributed by atoms with Gasteiger partial charge in [0.15, 0.2) is 0 Å². The van der Waals surface area contributed by atoms with Gasteiger partial charge in [-0.25, -0.2) is 18.7 Å². The molecule has 2 aromatic carbocycles. The number of hydrogen-bond acceptors (Lipinski definition) is 13. The van der Waals surface area contributed by atoms with Crippen LogP contribution in [0.2, 0.25) is 0 Å². The van der Waals surface area contributed by atoms with Crippen LogP contribution in [0.5, 0.6) is 0 Å². The van der Waals surface area contributed by atoms with E-state index in [4.69, 9.17) is 14.7 Å². The van der Waals surface area contributed by atoms with E-state index in [1.54, 1.807) is 35.7 Å². The number of thioether (sulfide) groups is 2. The van der Waals surface area contributed by atoms with E-state index in [-0.39, 0.29) is 10.8 Å². The number of fused-ring (bicyclic) bond motifs is 2. The average molecular weight is 838 g/mol. The van der Waals surface area contributed by atoms with Crippen LogP contribution in [0.3, 0.4) is 0 Å². The van der Waals surface area contributed by atoms with E-state index in [0.29, 0.717) is 75.2 Å². The molecule has 312 valence electrons. The zero-order chi connectivity index (χ0) is 40.3. The van der Waals surface area contributed by atoms with Crippen LogP contribution in [0.1, 0.15) is 63.0 Å². The van der Waals surface area contributed by atoms with Gasteiger partial charge in [-0.05, 0) is 62.8 Å². The molecule has 58 heavy (non-hydrogen) atoms. The number of nitrogens with one attached hydrogen (secondary N) is 4. The molecule has 4 aromatic rings. The third kappa shape index (κ3) is 11.7. The molecule has 3 saturated heterocycles. The third-order valence-corrected chi connectivity index (χ3v) is 13.9. The van der Waals surface area contributed by atoms with E-state index in [2.05, 4.69) is 46.4 Å². The predicted octanol–water partition coefficient (Wildman–Crippen LogP) is 5.86. The van der Waals surface area contributed by atoms with Gasteiger partial charge in [0.05, 0.1) is 48.4 Å². The van der Waals surface area contributed by atoms with E-state index in [0.717, 1.165) is 97.7 Å². The molecule has 0 amide bonds. The standard InChI is InChI=1S/C21H26FN5OS.C20H27FN4O3S/c22-17-11-15(24-14-3-1-2-4-14)12-18-20(17)21(28)26-19(25-18)13-29-16-5-8-27(9-6-16)10-7-23;21-16-11-14(22-3-4-25-5-9-28-10-6-25)12-17-19(16)20(26)24-18(23-17)13-29-15-1-7-27-8-2-15/h11-12,14,16,24H,1-6,8-10,13H2,(H,25,26,28);11-12,15,22H,1-10,13H2,(H,23,24,26). The number of nitrogens with zero attached hydrogens (tertiary/aromatic N) is 5. The molecule has 1 aliphatic carbocycles. The first-order valence-corrected chi connectivity index (χ1v) is 22.6. The zero-order valence-corrected chi connectivity index (χ0v) is 34.5. The summed E-state index contributed by atoms with van der Waals surface area (Å²) in [6.07, 6.45) is 8.64. The van der Waals surface area contributed by atoms with Crippen LogP contribution in [0.4, 0.5) is 20.2 Å². The molecule has 4 N–H and O–H groups in total. The van der Waals surface area contributed by atoms with Crippen molar-refractivity contribution >= 4 is 56.7 Å². The second kappa shape index (κ2) is 20.9. The molecule has 4 fully saturated rings. The lowest BCUT2D eigenvalue weighted by Crippen LogP contribution is -2.39. The summed E-state index contributed by atoms with van der Waals surface area (Å²) in [7, 11) is 0. The Morgan fingerprint density at radius 3 is 1.90 bits per heavy atom. The van der Waals surface area contributed by atoms with E-state index in [1.807, 2.05) is 0 Å². The minimum atomic E-state index is -0.547. The van der Waals surface area contributed by atoms with Crippen molar-refractivity contribution in [1.29, 1.82) is 5.26 Å². The first-order valence-electron chi connectivity index (χ1n) is 20.5. The van der Waals surface area contributed by atoms with Crippen LogP contribution >= 0.6 is 23.5 Å². The van der Waals surface area contributed by atoms with E-state index in [9.17, 15) is 18.4 Å². The number of morpholine rings is 1. The SMILES string of the molecule is N#CCN1CCC(SCc2nc3cc(NC4CCCC4)cc(F)c3c(=O)[nH]2)CC1.O=c1[nH]c(CSC2CCOCC2)nc2cc(NCCN3CCOCC3)cc(F)c12. The number of H-pyrrole nitrogens is 2. The monoisotopic (exact) mass is 837 g/mol. The number of nitriles is 1. The Labute approximate surface area is 345 Å². The van der Waals surface area contributed by atoms with Crippen LogP contribution in [0.15, 0.2) is 33.9 Å². The lowest BCUT2D eigenvalue weighted by Gasteiger charge is -2.29. The molecule has 3 aliphatic heterocycles. The normalized spacial score (nSPS) is 18.9. The van der Waals surface area contributed by atoms with Gasteiger partial charge < -0.3 is 30.1 Å². The molecule has 2 aromatic heterocycles. The lowest BCUT2D eigenvalue weighted by atomic mass is 10.1. The lowest BCUT2D eigenvalue weighted by molar-refractivity contribution is 0.0398. The van der Waals surface area contributed by atoms with Crippen molar-refractivity contribution in [3.05, 3.63) is 68.3 Å². The van der Waals surface area contributed by atoms with E-state index < -0.39 is 22.8 Å². The minimum Gasteiger partial charge on any atom is -0.384 e. The van der Waals surface area contributed by atoms with Gasteiger partial charge in [-0.3, -0.25) is 19.4 Å². The van der Waals surface area contributed by atoms with Crippen LogP contribution in [0, 0.1) is 23.0 Å². The number of benzene rings is 2. The Hall–Kier alpha value is -3.79. The fraction of sp³-hybridized carbons (Fsp3) is 0.585. The smallest absolute Gasteiger partial charge is 0.261 e. The van der Waals surface area contributed by atoms with E-state index >= 15 is 0 Å². The van der Waals surface area contributed by atoms with Crippen LogP contribution in [-0.2, 0) is 21.0 Å². The maximum atomic E-state index is 14.6. The maximum absolute atomic E-state index is 14.6. The van der Waals surface area contributed by atoms with Crippen molar-refractivity contribution in [2.75, 3.05) is 82.9 Å². The highest BCUT2D eigenvalue weighted by molar-refractivity contribution is 7.99. The molecule has 1 saturated carbocycles. The van der Waals surface area contributed by atoms with Crippen molar-refractivity contribution in [2.24, 2.45) is 0 Å². The second-order valence-electron chi connectivity index (χ2n) is 15.3. The number of aromatic amines is 2. The fourth-order valence-corrected chi connectivity index (χ4v) is 10.1. The number of aromatic nitrogens is 4. The Morgan fingerprint density at radius 2 is 1.29 bits per heavy atom. The Kier molecular flexibility index (Phi) is 15.3. The molecule has 0 spiro atoms. The summed E-state index contributed by atoms with van der Waals surface area (Å²) in [5.74, 6) is 1.30. The van der Waals surface area contributed by atoms with Crippen molar-refractivity contribution in [2.45, 2.75) is 79.4 Å². The summed E-state index contributed by atoms with van der Waals surface area (Å²) in [5, 5.41) is 16.5. The highest BCUT2D eigenvalue weighted by Crippen LogP contribution is 2.29. The number of likely N-dealkylation sites (tertiary alicyclic amines) is 1. The summed E-state index contributed by atoms with van der Waals surface area (Å²) in [6, 6.07) is 8.90. The fourth-order valence-electron chi connectivity index (χ4n) is 7.93. The molecule has 0 unspecified atom stereocenters. The third-order valence-electron chi connectivity index (χ3n) is 11.1. The summed E-state index contributed by atoms with van der Waals surface area (Å²) >= 11 is 3.54. The molecule has 0 atom stereocenters. The van der Waals surface area contributed by atoms with E-state index in [1.165, 1.54) is 25.0 Å². The van der Waals surface area contributed by atoms with Crippen LogP contribution < -0.4 is 21.8 Å². The highest BCUT2D eigenvalue weighted by atomic mass is 32.2. The Morgan fingerprint density at radius 1 is 0.741 bits per heavy atom. The largest absolute Gasteiger partial charge is 0.384 e. The summed E-state index contributed by atoms with van der Waals surface area (Å²) in [4.78, 5) is 43.9. The van der Waals surface area contributed by atoms with Gasteiger partial charge in [0.2, 0.25) is 0 Å². The number of halogens is 2. The average Bonchev–Trinajstić information content (AvgIpc) is 3.73. The number of rotatable bonds is 13. The molecule has 17 heteroatoms. The van der Waals surface area contributed by atoms with Gasteiger partial charge in [0.25, 0.3) is 11.1 Å². The molecule has 13 nitrogen and oxygen atoms in total.